The fraction of sp³-hybridized carbons (Fsp3) is 0. The Morgan fingerprint density at radius 3 is 1.72 bits per heavy atom. The predicted molar refractivity (Wildman–Crippen MR) is 274 cm³/mol. The summed E-state index contributed by atoms with van der Waals surface area (Å²) in [7, 11) is 0. The molecule has 0 aliphatic heterocycles. The van der Waals surface area contributed by atoms with E-state index < -0.39 is 0 Å². The third kappa shape index (κ3) is 5.48. The lowest BCUT2D eigenvalue weighted by molar-refractivity contribution is 1.08. The lowest BCUT2D eigenvalue weighted by atomic mass is 9.91. The van der Waals surface area contributed by atoms with Crippen LogP contribution in [0.4, 0.5) is 0 Å². The molecule has 0 atom stereocenters. The Hall–Kier alpha value is -7.83. The Bertz CT molecular complexity index is 4140. The summed E-state index contributed by atoms with van der Waals surface area (Å²) < 4.78 is 5.05. The van der Waals surface area contributed by atoms with Crippen molar-refractivity contribution >= 4 is 106 Å². The minimum absolute atomic E-state index is 0.647. The summed E-state index contributed by atoms with van der Waals surface area (Å²) in [4.78, 5) is 15.7. The van der Waals surface area contributed by atoms with Gasteiger partial charge in [-0.1, -0.05) is 170 Å². The molecule has 14 rings (SSSR count). The first kappa shape index (κ1) is 35.7. The zero-order chi connectivity index (χ0) is 41.9. The number of thiophene rings is 2. The molecule has 0 aliphatic carbocycles. The summed E-state index contributed by atoms with van der Waals surface area (Å²) in [5.41, 5.74) is 7.67. The molecule has 0 unspecified atom stereocenters. The van der Waals surface area contributed by atoms with E-state index >= 15 is 0 Å². The number of aromatic nitrogens is 3. The fourth-order valence-corrected chi connectivity index (χ4v) is 12.6. The number of rotatable bonds is 5. The van der Waals surface area contributed by atoms with Gasteiger partial charge in [0.15, 0.2) is 17.5 Å². The van der Waals surface area contributed by atoms with E-state index in [2.05, 4.69) is 182 Å². The zero-order valence-corrected chi connectivity index (χ0v) is 35.8. The van der Waals surface area contributed by atoms with Gasteiger partial charge in [0.25, 0.3) is 0 Å². The molecule has 5 heteroatoms. The number of nitrogens with zero attached hydrogens (tertiary/aromatic N) is 3. The highest BCUT2D eigenvalue weighted by Crippen LogP contribution is 2.45. The van der Waals surface area contributed by atoms with Gasteiger partial charge >= 0.3 is 0 Å². The van der Waals surface area contributed by atoms with Crippen LogP contribution in [0.1, 0.15) is 0 Å². The van der Waals surface area contributed by atoms with Crippen LogP contribution < -0.4 is 0 Å². The molecule has 0 saturated heterocycles. The molecule has 0 N–H and O–H groups in total. The van der Waals surface area contributed by atoms with E-state index in [1.165, 1.54) is 100 Å². The van der Waals surface area contributed by atoms with E-state index in [0.29, 0.717) is 17.5 Å². The van der Waals surface area contributed by atoms with Crippen LogP contribution in [0.3, 0.4) is 0 Å². The Kier molecular flexibility index (Phi) is 7.73. The minimum atomic E-state index is 0.647. The SMILES string of the molecule is c1ccc(-c2nc(-c3cccc(-c4cccc5c4sc4c6ccccc6ccc54)c3)nc(-c3cccc4sc5cc(-c6cc7ccc8cccc9ccc(c6)c7c89)ccc5c34)n2)cc1. The molecule has 0 spiro atoms. The Labute approximate surface area is 375 Å². The molecular weight excluding hydrogens is 815 g/mol. The van der Waals surface area contributed by atoms with E-state index in [4.69, 9.17) is 15.0 Å². The van der Waals surface area contributed by atoms with Crippen molar-refractivity contribution in [2.75, 3.05) is 0 Å². The smallest absolute Gasteiger partial charge is 0.164 e. The predicted octanol–water partition coefficient (Wildman–Crippen LogP) is 17.0. The summed E-state index contributed by atoms with van der Waals surface area (Å²) in [6.45, 7) is 0. The third-order valence-corrected chi connectivity index (χ3v) is 15.4. The lowest BCUT2D eigenvalue weighted by Gasteiger charge is -2.13. The van der Waals surface area contributed by atoms with Crippen LogP contribution in [0, 0.1) is 0 Å². The molecule has 3 heterocycles. The summed E-state index contributed by atoms with van der Waals surface area (Å²) >= 11 is 3.70. The van der Waals surface area contributed by atoms with Crippen molar-refractivity contribution in [3.05, 3.63) is 200 Å². The first-order chi connectivity index (χ1) is 31.7. The van der Waals surface area contributed by atoms with Crippen LogP contribution in [-0.2, 0) is 0 Å². The standard InChI is InChI=1S/C59H33N3S2/c1-2-11-37(12-3-1)57-60-58(42-16-7-15-39(30-42)45-18-8-19-46-47-28-26-34-10-4-5-17-44(34)55(47)64-56(45)46)62-59(61-57)49-20-9-21-50-54(49)48-29-27-38(33-51(48)63-50)43-31-40-24-22-35-13-6-14-36-23-25-41(32-43)53(40)52(35)36/h1-33H. The van der Waals surface area contributed by atoms with Crippen molar-refractivity contribution in [1.82, 2.24) is 15.0 Å². The van der Waals surface area contributed by atoms with Gasteiger partial charge in [-0.05, 0) is 95.7 Å². The number of hydrogen-bond acceptors (Lipinski definition) is 5. The summed E-state index contributed by atoms with van der Waals surface area (Å²) in [6.07, 6.45) is 0. The molecular formula is C59H33N3S2. The van der Waals surface area contributed by atoms with Gasteiger partial charge in [0.2, 0.25) is 0 Å². The van der Waals surface area contributed by atoms with E-state index in [9.17, 15) is 0 Å². The van der Waals surface area contributed by atoms with Crippen LogP contribution in [0.5, 0.6) is 0 Å². The molecule has 64 heavy (non-hydrogen) atoms. The monoisotopic (exact) mass is 847 g/mol. The van der Waals surface area contributed by atoms with Gasteiger partial charge in [0, 0.05) is 57.0 Å². The van der Waals surface area contributed by atoms with E-state index in [0.717, 1.165) is 22.3 Å². The van der Waals surface area contributed by atoms with Crippen LogP contribution >= 0.6 is 22.7 Å². The molecule has 3 aromatic heterocycles. The average Bonchev–Trinajstić information content (AvgIpc) is 3.94. The molecule has 0 aliphatic rings. The van der Waals surface area contributed by atoms with Crippen molar-refractivity contribution in [3.8, 4) is 56.4 Å². The van der Waals surface area contributed by atoms with E-state index in [1.807, 2.05) is 40.9 Å². The second-order valence-electron chi connectivity index (χ2n) is 16.7. The molecule has 0 amide bonds. The van der Waals surface area contributed by atoms with Crippen LogP contribution in [-0.4, -0.2) is 15.0 Å². The third-order valence-electron chi connectivity index (χ3n) is 13.0. The zero-order valence-electron chi connectivity index (χ0n) is 34.2. The molecule has 0 saturated carbocycles. The average molecular weight is 848 g/mol. The number of benzene rings is 11. The maximum atomic E-state index is 5.32. The summed E-state index contributed by atoms with van der Waals surface area (Å²) in [6, 6.07) is 72.6. The highest BCUT2D eigenvalue weighted by Gasteiger charge is 2.19. The van der Waals surface area contributed by atoms with Crippen LogP contribution in [0.2, 0.25) is 0 Å². The van der Waals surface area contributed by atoms with Crippen molar-refractivity contribution in [1.29, 1.82) is 0 Å². The molecule has 14 aromatic rings. The van der Waals surface area contributed by atoms with Crippen molar-refractivity contribution in [2.24, 2.45) is 0 Å². The molecule has 0 radical (unpaired) electrons. The second kappa shape index (κ2) is 13.8. The van der Waals surface area contributed by atoms with E-state index in [-0.39, 0.29) is 0 Å². The maximum Gasteiger partial charge on any atom is 0.164 e. The number of hydrogen-bond donors (Lipinski definition) is 0. The van der Waals surface area contributed by atoms with Gasteiger partial charge < -0.3 is 0 Å². The summed E-state index contributed by atoms with van der Waals surface area (Å²) in [5, 5.41) is 15.3. The largest absolute Gasteiger partial charge is 0.208 e. The highest BCUT2D eigenvalue weighted by atomic mass is 32.1. The van der Waals surface area contributed by atoms with Gasteiger partial charge in [0.05, 0.1) is 0 Å². The minimum Gasteiger partial charge on any atom is -0.208 e. The number of fused-ring (bicyclic) bond motifs is 8. The van der Waals surface area contributed by atoms with Gasteiger partial charge in [-0.15, -0.1) is 22.7 Å². The van der Waals surface area contributed by atoms with Crippen LogP contribution in [0.15, 0.2) is 200 Å². The Balaban J connectivity index is 0.906. The molecule has 0 fully saturated rings. The van der Waals surface area contributed by atoms with Crippen molar-refractivity contribution < 1.29 is 0 Å². The topological polar surface area (TPSA) is 38.7 Å². The maximum absolute atomic E-state index is 5.32. The van der Waals surface area contributed by atoms with Gasteiger partial charge in [-0.25, -0.2) is 15.0 Å². The van der Waals surface area contributed by atoms with Gasteiger partial charge in [-0.2, -0.15) is 0 Å². The lowest BCUT2D eigenvalue weighted by Crippen LogP contribution is -2.00. The first-order valence-electron chi connectivity index (χ1n) is 21.6. The Morgan fingerprint density at radius 2 is 0.859 bits per heavy atom. The normalized spacial score (nSPS) is 12.1. The highest BCUT2D eigenvalue weighted by molar-refractivity contribution is 7.27. The van der Waals surface area contributed by atoms with Crippen LogP contribution in [0.25, 0.3) is 140 Å². The second-order valence-corrected chi connectivity index (χ2v) is 18.8. The Morgan fingerprint density at radius 1 is 0.266 bits per heavy atom. The first-order valence-corrected chi connectivity index (χ1v) is 23.2. The molecule has 296 valence electrons. The van der Waals surface area contributed by atoms with Gasteiger partial charge in [0.1, 0.15) is 0 Å². The fourth-order valence-electron chi connectivity index (χ4n) is 10.0. The quantitative estimate of drug-likeness (QED) is 0.162. The molecule has 0 bridgehead atoms. The van der Waals surface area contributed by atoms with E-state index in [1.54, 1.807) is 0 Å². The molecule has 3 nitrogen and oxygen atoms in total. The van der Waals surface area contributed by atoms with Crippen molar-refractivity contribution in [3.63, 3.8) is 0 Å². The summed E-state index contributed by atoms with van der Waals surface area (Å²) in [5.74, 6) is 1.96. The van der Waals surface area contributed by atoms with Crippen molar-refractivity contribution in [2.45, 2.75) is 0 Å². The molecule has 11 aromatic carbocycles. The van der Waals surface area contributed by atoms with Gasteiger partial charge in [-0.3, -0.25) is 0 Å².